The summed E-state index contributed by atoms with van der Waals surface area (Å²) in [6.07, 6.45) is 9.10. The number of hydrogen-bond acceptors (Lipinski definition) is 8. The zero-order valence-electron chi connectivity index (χ0n) is 20.9. The molecule has 11 nitrogen and oxygen atoms in total. The minimum atomic E-state index is -0.269. The Labute approximate surface area is 209 Å². The van der Waals surface area contributed by atoms with Crippen LogP contribution in [0.5, 0.6) is 0 Å². The maximum Gasteiger partial charge on any atom is 0.274 e. The summed E-state index contributed by atoms with van der Waals surface area (Å²) in [5.41, 5.74) is 1.83. The third kappa shape index (κ3) is 4.56. The fourth-order valence-corrected chi connectivity index (χ4v) is 5.12. The lowest BCUT2D eigenvalue weighted by molar-refractivity contribution is 0.00718. The number of hydrogen-bond donors (Lipinski definition) is 3. The molecule has 1 amide bonds. The Morgan fingerprint density at radius 3 is 2.56 bits per heavy atom. The van der Waals surface area contributed by atoms with E-state index < -0.39 is 0 Å². The van der Waals surface area contributed by atoms with Crippen molar-refractivity contribution in [2.24, 2.45) is 0 Å². The molecule has 0 aliphatic heterocycles. The van der Waals surface area contributed by atoms with Crippen LogP contribution in [0.4, 0.5) is 17.2 Å². The SMILES string of the molecule is CNc1cc(Nc2cccn([C@H]3CC[C@H](OC)CC3)c2=O)nn2c(C(=O)NC3CC[C@@H]3OC)cnc12. The lowest BCUT2D eigenvalue weighted by Gasteiger charge is -2.35. The topological polar surface area (TPSA) is 124 Å². The van der Waals surface area contributed by atoms with Gasteiger partial charge in [0.1, 0.15) is 5.69 Å². The van der Waals surface area contributed by atoms with Crippen LogP contribution < -0.4 is 21.5 Å². The second-order valence-electron chi connectivity index (χ2n) is 9.43. The Balaban J connectivity index is 1.41. The van der Waals surface area contributed by atoms with Crippen molar-refractivity contribution in [1.82, 2.24) is 24.5 Å². The van der Waals surface area contributed by atoms with Crippen LogP contribution in [0, 0.1) is 0 Å². The standard InChI is InChI=1S/C25H33N7O4/c1-26-19-13-22(28-18-5-4-12-31(25(18)34)15-6-8-16(35-2)9-7-15)30-32-20(14-27-23(19)32)24(33)29-17-10-11-21(17)36-3/h4-5,12-17,21,26H,6-11H2,1-3H3,(H,28,30)(H,29,33)/t15-,16-,17?,21-/m0/s1. The normalized spacial score (nSPS) is 23.8. The van der Waals surface area contributed by atoms with Crippen molar-refractivity contribution in [2.75, 3.05) is 31.9 Å². The first-order valence-electron chi connectivity index (χ1n) is 12.4. The first-order chi connectivity index (χ1) is 17.5. The molecule has 2 saturated carbocycles. The van der Waals surface area contributed by atoms with Gasteiger partial charge in [0.05, 0.1) is 30.1 Å². The third-order valence-corrected chi connectivity index (χ3v) is 7.41. The molecule has 0 aromatic carbocycles. The lowest BCUT2D eigenvalue weighted by atomic mass is 9.89. The van der Waals surface area contributed by atoms with Gasteiger partial charge in [0.2, 0.25) is 0 Å². The number of ether oxygens (including phenoxy) is 2. The molecule has 0 bridgehead atoms. The Morgan fingerprint density at radius 2 is 1.89 bits per heavy atom. The van der Waals surface area contributed by atoms with Gasteiger partial charge in [-0.25, -0.2) is 9.50 Å². The minimum Gasteiger partial charge on any atom is -0.385 e. The Hall–Kier alpha value is -3.44. The predicted molar refractivity (Wildman–Crippen MR) is 136 cm³/mol. The molecule has 3 heterocycles. The number of nitrogens with zero attached hydrogens (tertiary/aromatic N) is 4. The summed E-state index contributed by atoms with van der Waals surface area (Å²) in [7, 11) is 5.17. The van der Waals surface area contributed by atoms with Crippen LogP contribution in [0.2, 0.25) is 0 Å². The van der Waals surface area contributed by atoms with Crippen molar-refractivity contribution >= 4 is 28.7 Å². The smallest absolute Gasteiger partial charge is 0.274 e. The van der Waals surface area contributed by atoms with Gasteiger partial charge in [-0.3, -0.25) is 9.59 Å². The highest BCUT2D eigenvalue weighted by atomic mass is 16.5. The van der Waals surface area contributed by atoms with E-state index in [1.54, 1.807) is 38.0 Å². The van der Waals surface area contributed by atoms with E-state index >= 15 is 0 Å². The van der Waals surface area contributed by atoms with Crippen LogP contribution >= 0.6 is 0 Å². The fraction of sp³-hybridized carbons (Fsp3) is 0.520. The van der Waals surface area contributed by atoms with Gasteiger partial charge >= 0.3 is 0 Å². The van der Waals surface area contributed by atoms with Gasteiger partial charge in [-0.15, -0.1) is 5.10 Å². The van der Waals surface area contributed by atoms with Gasteiger partial charge in [-0.1, -0.05) is 0 Å². The summed E-state index contributed by atoms with van der Waals surface area (Å²) in [5.74, 6) is 0.157. The molecule has 0 saturated heterocycles. The molecule has 0 radical (unpaired) electrons. The number of rotatable bonds is 8. The molecule has 3 aromatic heterocycles. The van der Waals surface area contributed by atoms with Crippen LogP contribution in [0.1, 0.15) is 55.1 Å². The summed E-state index contributed by atoms with van der Waals surface area (Å²) in [6.45, 7) is 0. The highest BCUT2D eigenvalue weighted by Crippen LogP contribution is 2.29. The minimum absolute atomic E-state index is 0.0241. The van der Waals surface area contributed by atoms with Crippen molar-refractivity contribution in [3.05, 3.63) is 46.6 Å². The van der Waals surface area contributed by atoms with E-state index in [0.29, 0.717) is 28.5 Å². The zero-order valence-corrected chi connectivity index (χ0v) is 20.9. The number of anilines is 3. The predicted octanol–water partition coefficient (Wildman–Crippen LogP) is 2.71. The molecule has 36 heavy (non-hydrogen) atoms. The molecule has 1 unspecified atom stereocenters. The van der Waals surface area contributed by atoms with E-state index in [0.717, 1.165) is 38.5 Å². The van der Waals surface area contributed by atoms with E-state index in [-0.39, 0.29) is 35.8 Å². The number of imidazole rings is 1. The molecule has 2 aliphatic rings. The van der Waals surface area contributed by atoms with Crippen molar-refractivity contribution < 1.29 is 14.3 Å². The highest BCUT2D eigenvalue weighted by Gasteiger charge is 2.33. The molecule has 0 spiro atoms. The summed E-state index contributed by atoms with van der Waals surface area (Å²) < 4.78 is 14.2. The zero-order chi connectivity index (χ0) is 25.2. The third-order valence-electron chi connectivity index (χ3n) is 7.41. The Bertz CT molecular complexity index is 1290. The van der Waals surface area contributed by atoms with Crippen molar-refractivity contribution in [2.45, 2.75) is 62.8 Å². The van der Waals surface area contributed by atoms with Crippen LogP contribution in [0.15, 0.2) is 35.4 Å². The number of carbonyl (C=O) groups is 1. The van der Waals surface area contributed by atoms with Crippen molar-refractivity contribution in [1.29, 1.82) is 0 Å². The van der Waals surface area contributed by atoms with Gasteiger partial charge in [0.25, 0.3) is 11.5 Å². The number of nitrogens with one attached hydrogen (secondary N) is 3. The monoisotopic (exact) mass is 495 g/mol. The molecule has 2 atom stereocenters. The van der Waals surface area contributed by atoms with Crippen molar-refractivity contribution in [3.8, 4) is 0 Å². The highest BCUT2D eigenvalue weighted by molar-refractivity contribution is 5.94. The van der Waals surface area contributed by atoms with Gasteiger partial charge in [-0.2, -0.15) is 0 Å². The van der Waals surface area contributed by atoms with Gasteiger partial charge in [0.15, 0.2) is 17.2 Å². The lowest BCUT2D eigenvalue weighted by Crippen LogP contribution is -2.51. The molecular weight excluding hydrogens is 462 g/mol. The number of aromatic nitrogens is 4. The van der Waals surface area contributed by atoms with Crippen LogP contribution in [0.3, 0.4) is 0 Å². The van der Waals surface area contributed by atoms with E-state index in [4.69, 9.17) is 9.47 Å². The molecule has 2 fully saturated rings. The van der Waals surface area contributed by atoms with E-state index in [9.17, 15) is 9.59 Å². The average molecular weight is 496 g/mol. The molecule has 3 aromatic rings. The van der Waals surface area contributed by atoms with Crippen LogP contribution in [-0.2, 0) is 9.47 Å². The second-order valence-corrected chi connectivity index (χ2v) is 9.43. The van der Waals surface area contributed by atoms with Crippen LogP contribution in [0.25, 0.3) is 5.65 Å². The number of pyridine rings is 1. The molecule has 5 rings (SSSR count). The van der Waals surface area contributed by atoms with Gasteiger partial charge < -0.3 is 30.0 Å². The summed E-state index contributed by atoms with van der Waals surface area (Å²) >= 11 is 0. The number of fused-ring (bicyclic) bond motifs is 1. The Kier molecular flexibility index (Phi) is 6.92. The van der Waals surface area contributed by atoms with Gasteiger partial charge in [-0.05, 0) is 50.7 Å². The quantitative estimate of drug-likeness (QED) is 0.436. The maximum atomic E-state index is 13.3. The van der Waals surface area contributed by atoms with E-state index in [1.807, 2.05) is 12.3 Å². The first kappa shape index (κ1) is 24.3. The number of carbonyl (C=O) groups excluding carboxylic acids is 1. The second kappa shape index (κ2) is 10.3. The fourth-order valence-electron chi connectivity index (χ4n) is 5.12. The summed E-state index contributed by atoms with van der Waals surface area (Å²) in [4.78, 5) is 30.7. The Morgan fingerprint density at radius 1 is 1.08 bits per heavy atom. The summed E-state index contributed by atoms with van der Waals surface area (Å²) in [6, 6.07) is 5.50. The molecule has 11 heteroatoms. The largest absolute Gasteiger partial charge is 0.385 e. The summed E-state index contributed by atoms with van der Waals surface area (Å²) in [5, 5.41) is 13.9. The molecule has 2 aliphatic carbocycles. The number of amides is 1. The molecule has 3 N–H and O–H groups in total. The van der Waals surface area contributed by atoms with E-state index in [1.165, 1.54) is 10.7 Å². The van der Waals surface area contributed by atoms with Crippen LogP contribution in [-0.4, -0.2) is 64.6 Å². The maximum absolute atomic E-state index is 13.3. The van der Waals surface area contributed by atoms with E-state index in [2.05, 4.69) is 26.0 Å². The number of methoxy groups -OCH3 is 2. The molecular formula is C25H33N7O4. The first-order valence-corrected chi connectivity index (χ1v) is 12.4. The van der Waals surface area contributed by atoms with Gasteiger partial charge in [0, 0.05) is 39.6 Å². The van der Waals surface area contributed by atoms with Crippen molar-refractivity contribution in [3.63, 3.8) is 0 Å². The average Bonchev–Trinajstić information content (AvgIpc) is 3.32. The molecule has 192 valence electrons.